The van der Waals surface area contributed by atoms with Crippen LogP contribution in [0.1, 0.15) is 16.9 Å². The second-order valence-electron chi connectivity index (χ2n) is 9.20. The number of thioether (sulfide) groups is 1. The number of hydrogen-bond acceptors (Lipinski definition) is 9. The number of carbonyl (C=O) groups excluding carboxylic acids is 2. The van der Waals surface area contributed by atoms with Crippen molar-refractivity contribution < 1.29 is 32.6 Å². The van der Waals surface area contributed by atoms with Crippen LogP contribution in [0.5, 0.6) is 17.2 Å². The lowest BCUT2D eigenvalue weighted by molar-refractivity contribution is -0.122. The molecular weight excluding hydrogens is 587 g/mol. The van der Waals surface area contributed by atoms with Crippen LogP contribution in [0.3, 0.4) is 0 Å². The van der Waals surface area contributed by atoms with Gasteiger partial charge in [0, 0.05) is 11.3 Å². The molecule has 0 unspecified atom stereocenters. The van der Waals surface area contributed by atoms with Gasteiger partial charge in [-0.2, -0.15) is 5.10 Å². The molecule has 0 spiro atoms. The first-order valence-electron chi connectivity index (χ1n) is 13.3. The van der Waals surface area contributed by atoms with Crippen LogP contribution in [0, 0.1) is 5.82 Å². The molecule has 2 heterocycles. The lowest BCUT2D eigenvalue weighted by Gasteiger charge is -2.12. The fourth-order valence-corrected chi connectivity index (χ4v) is 5.03. The molecule has 0 radical (unpaired) electrons. The second-order valence-corrected chi connectivity index (χ2v) is 10.2. The zero-order valence-electron chi connectivity index (χ0n) is 23.7. The van der Waals surface area contributed by atoms with Gasteiger partial charge in [-0.3, -0.25) is 14.5 Å². The predicted molar refractivity (Wildman–Crippen MR) is 166 cm³/mol. The molecule has 2 amide bonds. The highest BCUT2D eigenvalue weighted by molar-refractivity contribution is 8.18. The fraction of sp³-hybridized carbons (Fsp3) is 0.125. The molecule has 1 aromatic heterocycles. The lowest BCUT2D eigenvalue weighted by Crippen LogP contribution is -2.28. The summed E-state index contributed by atoms with van der Waals surface area (Å²) in [6.45, 7) is -0.135. The molecule has 10 nitrogen and oxygen atoms in total. The van der Waals surface area contributed by atoms with E-state index in [1.54, 1.807) is 81.1 Å². The molecular formula is C32H27FN4O6S. The highest BCUT2D eigenvalue weighted by Crippen LogP contribution is 2.35. The normalized spacial score (nSPS) is 14.9. The van der Waals surface area contributed by atoms with Crippen LogP contribution < -0.4 is 19.5 Å². The molecule has 44 heavy (non-hydrogen) atoms. The summed E-state index contributed by atoms with van der Waals surface area (Å²) in [7, 11) is 3.11. The van der Waals surface area contributed by atoms with E-state index in [1.165, 1.54) is 35.4 Å². The van der Waals surface area contributed by atoms with Crippen LogP contribution in [0.25, 0.3) is 6.08 Å². The number of carbonyl (C=O) groups is 2. The Bertz CT molecular complexity index is 1720. The van der Waals surface area contributed by atoms with Crippen molar-refractivity contribution in [1.29, 1.82) is 0 Å². The Balaban J connectivity index is 1.34. The molecule has 224 valence electrons. The van der Waals surface area contributed by atoms with Crippen molar-refractivity contribution in [3.05, 3.63) is 113 Å². The Morgan fingerprint density at radius 3 is 2.55 bits per heavy atom. The molecule has 3 aromatic carbocycles. The fourth-order valence-electron chi connectivity index (χ4n) is 4.10. The number of ether oxygens (including phenoxy) is 3. The van der Waals surface area contributed by atoms with Gasteiger partial charge in [0.05, 0.1) is 38.1 Å². The molecule has 1 saturated heterocycles. The molecule has 0 atom stereocenters. The predicted octanol–water partition coefficient (Wildman–Crippen LogP) is 5.96. The van der Waals surface area contributed by atoms with Gasteiger partial charge in [0.25, 0.3) is 11.8 Å². The van der Waals surface area contributed by atoms with Crippen molar-refractivity contribution in [3.63, 3.8) is 0 Å². The third kappa shape index (κ3) is 7.53. The summed E-state index contributed by atoms with van der Waals surface area (Å²) < 4.78 is 35.0. The number of benzene rings is 3. The van der Waals surface area contributed by atoms with Crippen molar-refractivity contribution >= 4 is 46.7 Å². The van der Waals surface area contributed by atoms with Gasteiger partial charge in [-0.05, 0) is 84.1 Å². The van der Waals surface area contributed by atoms with Crippen LogP contribution in [-0.2, 0) is 16.1 Å². The number of furan rings is 1. The summed E-state index contributed by atoms with van der Waals surface area (Å²) in [6, 6.07) is 21.3. The van der Waals surface area contributed by atoms with E-state index in [2.05, 4.69) is 15.5 Å². The number of amidine groups is 1. The minimum Gasteiger partial charge on any atom is -0.493 e. The Morgan fingerprint density at radius 2 is 1.80 bits per heavy atom. The van der Waals surface area contributed by atoms with Crippen molar-refractivity contribution in [2.45, 2.75) is 6.54 Å². The van der Waals surface area contributed by atoms with Crippen LogP contribution >= 0.6 is 11.8 Å². The Labute approximate surface area is 256 Å². The zero-order chi connectivity index (χ0) is 30.9. The first-order chi connectivity index (χ1) is 21.4. The first-order valence-corrected chi connectivity index (χ1v) is 14.1. The van der Waals surface area contributed by atoms with Crippen LogP contribution in [0.4, 0.5) is 10.1 Å². The van der Waals surface area contributed by atoms with Crippen LogP contribution in [-0.4, -0.2) is 48.9 Å². The summed E-state index contributed by atoms with van der Waals surface area (Å²) in [5.74, 6) is 0.996. The Hall–Kier alpha value is -5.36. The van der Waals surface area contributed by atoms with E-state index in [-0.39, 0.29) is 19.1 Å². The number of amides is 2. The summed E-state index contributed by atoms with van der Waals surface area (Å²) >= 11 is 1.15. The zero-order valence-corrected chi connectivity index (χ0v) is 24.5. The van der Waals surface area contributed by atoms with Gasteiger partial charge >= 0.3 is 0 Å². The van der Waals surface area contributed by atoms with Gasteiger partial charge in [0.2, 0.25) is 0 Å². The maximum atomic E-state index is 13.5. The molecule has 4 aromatic rings. The Kier molecular flexibility index (Phi) is 9.72. The Morgan fingerprint density at radius 1 is 1.00 bits per heavy atom. The van der Waals surface area contributed by atoms with Gasteiger partial charge in [-0.15, -0.1) is 5.10 Å². The summed E-state index contributed by atoms with van der Waals surface area (Å²) in [5.41, 5.74) is 1.76. The smallest absolute Gasteiger partial charge is 0.267 e. The summed E-state index contributed by atoms with van der Waals surface area (Å²) in [4.78, 5) is 27.8. The van der Waals surface area contributed by atoms with E-state index in [9.17, 15) is 14.0 Å². The number of nitrogens with one attached hydrogen (secondary N) is 1. The number of para-hydroxylation sites is 1. The number of halogens is 1. The van der Waals surface area contributed by atoms with Crippen LogP contribution in [0.2, 0.25) is 0 Å². The van der Waals surface area contributed by atoms with Crippen molar-refractivity contribution in [2.24, 2.45) is 10.2 Å². The SMILES string of the molecule is COc1ccc(/C=N\N=C2\S/C(=C\c3ccccc3OCC(=O)Nc3ccc(F)cc3)C(=O)N2Cc2ccco2)cc1OC. The van der Waals surface area contributed by atoms with Crippen molar-refractivity contribution in [1.82, 2.24) is 4.90 Å². The maximum Gasteiger partial charge on any atom is 0.267 e. The topological polar surface area (TPSA) is 115 Å². The number of anilines is 1. The number of hydrogen-bond donors (Lipinski definition) is 1. The highest BCUT2D eigenvalue weighted by atomic mass is 32.2. The molecule has 12 heteroatoms. The first kappa shape index (κ1) is 30.1. The number of methoxy groups -OCH3 is 2. The minimum absolute atomic E-state index is 0.155. The average molecular weight is 615 g/mol. The van der Waals surface area contributed by atoms with Gasteiger partial charge < -0.3 is 23.9 Å². The number of rotatable bonds is 11. The van der Waals surface area contributed by atoms with Crippen molar-refractivity contribution in [2.75, 3.05) is 26.1 Å². The maximum absolute atomic E-state index is 13.5. The van der Waals surface area contributed by atoms with E-state index >= 15 is 0 Å². The minimum atomic E-state index is -0.420. The third-order valence-electron chi connectivity index (χ3n) is 6.23. The number of nitrogens with zero attached hydrogens (tertiary/aromatic N) is 3. The molecule has 1 aliphatic heterocycles. The largest absolute Gasteiger partial charge is 0.493 e. The third-order valence-corrected chi connectivity index (χ3v) is 7.23. The summed E-state index contributed by atoms with van der Waals surface area (Å²) in [6.07, 6.45) is 4.76. The summed E-state index contributed by atoms with van der Waals surface area (Å²) in [5, 5.41) is 11.6. The van der Waals surface area contributed by atoms with E-state index in [0.29, 0.717) is 44.3 Å². The molecule has 0 bridgehead atoms. The van der Waals surface area contributed by atoms with Gasteiger partial charge in [0.1, 0.15) is 17.3 Å². The molecule has 5 rings (SSSR count). The molecule has 1 fully saturated rings. The van der Waals surface area contributed by atoms with E-state index in [1.807, 2.05) is 0 Å². The van der Waals surface area contributed by atoms with E-state index in [4.69, 9.17) is 18.6 Å². The van der Waals surface area contributed by atoms with E-state index in [0.717, 1.165) is 17.3 Å². The van der Waals surface area contributed by atoms with Crippen LogP contribution in [0.15, 0.2) is 105 Å². The highest BCUT2D eigenvalue weighted by Gasteiger charge is 2.34. The van der Waals surface area contributed by atoms with Gasteiger partial charge in [-0.1, -0.05) is 18.2 Å². The molecule has 1 aliphatic rings. The lowest BCUT2D eigenvalue weighted by atomic mass is 10.2. The molecule has 0 aliphatic carbocycles. The monoisotopic (exact) mass is 614 g/mol. The molecule has 1 N–H and O–H groups in total. The molecule has 0 saturated carbocycles. The second kappa shape index (κ2) is 14.2. The standard InChI is InChI=1S/C32H27FN4O6S/c1-40-27-14-9-21(16-28(27)41-2)18-34-36-32-37(19-25-7-5-15-42-25)31(39)29(44-32)17-22-6-3-4-8-26(22)43-20-30(38)35-24-12-10-23(33)11-13-24/h3-18H,19-20H2,1-2H3,(H,35,38)/b29-17-,34-18-,36-32+. The average Bonchev–Trinajstić information content (AvgIpc) is 3.66. The van der Waals surface area contributed by atoms with Gasteiger partial charge in [0.15, 0.2) is 23.3 Å². The van der Waals surface area contributed by atoms with Gasteiger partial charge in [-0.25, -0.2) is 4.39 Å². The van der Waals surface area contributed by atoms with Crippen molar-refractivity contribution in [3.8, 4) is 17.2 Å². The van der Waals surface area contributed by atoms with E-state index < -0.39 is 11.7 Å². The quantitative estimate of drug-likeness (QED) is 0.126.